The van der Waals surface area contributed by atoms with Gasteiger partial charge in [-0.3, -0.25) is 9.99 Å². The summed E-state index contributed by atoms with van der Waals surface area (Å²) >= 11 is 8.88. The van der Waals surface area contributed by atoms with E-state index in [-0.39, 0.29) is 5.75 Å². The number of fused-ring (bicyclic) bond motifs is 3. The summed E-state index contributed by atoms with van der Waals surface area (Å²) < 4.78 is 44.2. The Labute approximate surface area is 235 Å². The summed E-state index contributed by atoms with van der Waals surface area (Å²) in [7, 11) is 0. The Morgan fingerprint density at radius 1 is 1.03 bits per heavy atom. The first-order chi connectivity index (χ1) is 18.6. The van der Waals surface area contributed by atoms with Crippen molar-refractivity contribution >= 4 is 67.0 Å². The molecule has 2 N–H and O–H groups in total. The van der Waals surface area contributed by atoms with E-state index in [4.69, 9.17) is 12.2 Å². The Bertz CT molecular complexity index is 1710. The smallest absolute Gasteiger partial charge is 0.406 e. The van der Waals surface area contributed by atoms with Gasteiger partial charge in [0.1, 0.15) is 12.1 Å². The van der Waals surface area contributed by atoms with Gasteiger partial charge < -0.3 is 10.1 Å². The predicted molar refractivity (Wildman–Crippen MR) is 156 cm³/mol. The second kappa shape index (κ2) is 10.7. The average molecular weight is 612 g/mol. The van der Waals surface area contributed by atoms with Crippen LogP contribution >= 0.6 is 28.1 Å². The number of alkyl halides is 3. The van der Waals surface area contributed by atoms with Crippen LogP contribution in [-0.2, 0) is 0 Å². The molecule has 0 saturated heterocycles. The molecule has 1 aromatic heterocycles. The van der Waals surface area contributed by atoms with Gasteiger partial charge in [-0.15, -0.1) is 13.2 Å². The number of halogens is 4. The molecule has 39 heavy (non-hydrogen) atoms. The highest BCUT2D eigenvalue weighted by atomic mass is 79.9. The second-order valence-corrected chi connectivity index (χ2v) is 10.1. The number of nitrogens with zero attached hydrogens (tertiary/aromatic N) is 3. The molecule has 5 rings (SSSR count). The van der Waals surface area contributed by atoms with E-state index >= 15 is 0 Å². The van der Waals surface area contributed by atoms with Gasteiger partial charge >= 0.3 is 6.36 Å². The van der Waals surface area contributed by atoms with Crippen molar-refractivity contribution < 1.29 is 17.9 Å². The second-order valence-electron chi connectivity index (χ2n) is 8.81. The number of hydrogen-bond donors (Lipinski definition) is 2. The number of benzene rings is 4. The molecule has 0 amide bonds. The van der Waals surface area contributed by atoms with Crippen molar-refractivity contribution in [2.45, 2.75) is 20.2 Å². The van der Waals surface area contributed by atoms with Crippen LogP contribution in [0.1, 0.15) is 16.7 Å². The van der Waals surface area contributed by atoms with Crippen molar-refractivity contribution in [3.05, 3.63) is 94.2 Å². The van der Waals surface area contributed by atoms with Crippen LogP contribution in [0.25, 0.3) is 27.5 Å². The Hall–Kier alpha value is -3.96. The summed E-state index contributed by atoms with van der Waals surface area (Å²) in [5.74, 6) is -0.278. The molecule has 0 aliphatic heterocycles. The lowest BCUT2D eigenvalue weighted by molar-refractivity contribution is -0.274. The highest BCUT2D eigenvalue weighted by Gasteiger charge is 2.31. The van der Waals surface area contributed by atoms with Crippen LogP contribution in [0, 0.1) is 13.8 Å². The number of hydrogen-bond acceptors (Lipinski definition) is 4. The third-order valence-electron chi connectivity index (χ3n) is 6.02. The van der Waals surface area contributed by atoms with Gasteiger partial charge in [0.2, 0.25) is 0 Å². The zero-order chi connectivity index (χ0) is 27.7. The summed E-state index contributed by atoms with van der Waals surface area (Å²) in [5, 5.41) is 9.74. The van der Waals surface area contributed by atoms with E-state index in [1.165, 1.54) is 12.1 Å². The SMILES string of the molecule is Cc1cc(Br)cc(C)c1NC(=S)N/N=C/c1ccc2c(ccc3c2ncn3-c2ccc(OC(F)(F)F)cc2)c1. The first kappa shape index (κ1) is 26.6. The summed E-state index contributed by atoms with van der Waals surface area (Å²) in [4.78, 5) is 4.56. The molecule has 6 nitrogen and oxygen atoms in total. The molecule has 11 heteroatoms. The Morgan fingerprint density at radius 2 is 1.74 bits per heavy atom. The first-order valence-corrected chi connectivity index (χ1v) is 12.9. The number of rotatable bonds is 5. The van der Waals surface area contributed by atoms with Gasteiger partial charge in [0.25, 0.3) is 0 Å². The summed E-state index contributed by atoms with van der Waals surface area (Å²) in [5.41, 5.74) is 9.04. The third-order valence-corrected chi connectivity index (χ3v) is 6.67. The maximum absolute atomic E-state index is 12.5. The van der Waals surface area contributed by atoms with Crippen molar-refractivity contribution in [1.29, 1.82) is 0 Å². The highest BCUT2D eigenvalue weighted by Crippen LogP contribution is 2.29. The topological polar surface area (TPSA) is 63.5 Å². The van der Waals surface area contributed by atoms with Gasteiger partial charge in [-0.1, -0.05) is 34.1 Å². The molecule has 0 aliphatic rings. The van der Waals surface area contributed by atoms with Crippen LogP contribution in [0.3, 0.4) is 0 Å². The van der Waals surface area contributed by atoms with Crippen LogP contribution in [0.15, 0.2) is 82.6 Å². The first-order valence-electron chi connectivity index (χ1n) is 11.7. The number of hydrazone groups is 1. The number of thiocarbonyl (C=S) groups is 1. The van der Waals surface area contributed by atoms with E-state index in [2.05, 4.69) is 41.5 Å². The van der Waals surface area contributed by atoms with E-state index in [1.807, 2.05) is 60.9 Å². The van der Waals surface area contributed by atoms with Gasteiger partial charge in [0.05, 0.1) is 17.2 Å². The van der Waals surface area contributed by atoms with Crippen molar-refractivity contribution in [3.8, 4) is 11.4 Å². The normalized spacial score (nSPS) is 11.8. The van der Waals surface area contributed by atoms with Gasteiger partial charge in [-0.05, 0) is 96.7 Å². The summed E-state index contributed by atoms with van der Waals surface area (Å²) in [6.07, 6.45) is -1.41. The van der Waals surface area contributed by atoms with Crippen molar-refractivity contribution in [2.24, 2.45) is 5.10 Å². The predicted octanol–water partition coefficient (Wildman–Crippen LogP) is 7.78. The number of imidazole rings is 1. The minimum absolute atomic E-state index is 0.278. The van der Waals surface area contributed by atoms with Gasteiger partial charge in [-0.25, -0.2) is 4.98 Å². The molecule has 4 aromatic carbocycles. The monoisotopic (exact) mass is 611 g/mol. The molecule has 0 unspecified atom stereocenters. The molecule has 0 atom stereocenters. The minimum Gasteiger partial charge on any atom is -0.406 e. The Balaban J connectivity index is 1.31. The van der Waals surface area contributed by atoms with Crippen LogP contribution < -0.4 is 15.5 Å². The van der Waals surface area contributed by atoms with Gasteiger partial charge in [-0.2, -0.15) is 5.10 Å². The average Bonchev–Trinajstić information content (AvgIpc) is 3.30. The standard InChI is InChI=1S/C28H21BrF3N5OS/c1-16-11-20(29)12-17(2)25(16)35-27(39)36-34-14-18-3-9-23-19(13-18)4-10-24-26(23)33-15-37(24)21-5-7-22(8-6-21)38-28(30,31)32/h3-15H,1-2H3,(H2,35,36,39)/b34-14+. The zero-order valence-corrected chi connectivity index (χ0v) is 23.1. The molecular weight excluding hydrogens is 591 g/mol. The van der Waals surface area contributed by atoms with E-state index in [1.54, 1.807) is 24.7 Å². The molecule has 1 heterocycles. The summed E-state index contributed by atoms with van der Waals surface area (Å²) in [6, 6.07) is 19.4. The number of anilines is 1. The lowest BCUT2D eigenvalue weighted by atomic mass is 10.1. The van der Waals surface area contributed by atoms with Crippen LogP contribution in [0.5, 0.6) is 5.75 Å². The van der Waals surface area contributed by atoms with Crippen molar-refractivity contribution in [3.63, 3.8) is 0 Å². The Morgan fingerprint density at radius 3 is 2.44 bits per heavy atom. The molecule has 0 bridgehead atoms. The number of nitrogens with one attached hydrogen (secondary N) is 2. The lowest BCUT2D eigenvalue weighted by Crippen LogP contribution is -2.24. The van der Waals surface area contributed by atoms with Crippen LogP contribution in [0.4, 0.5) is 18.9 Å². The molecule has 0 aliphatic carbocycles. The molecular formula is C28H21BrF3N5OS. The maximum atomic E-state index is 12.5. The van der Waals surface area contributed by atoms with Crippen molar-refractivity contribution in [1.82, 2.24) is 15.0 Å². The van der Waals surface area contributed by atoms with Gasteiger partial charge in [0, 0.05) is 21.2 Å². The molecule has 0 saturated carbocycles. The van der Waals surface area contributed by atoms with Crippen molar-refractivity contribution in [2.75, 3.05) is 5.32 Å². The number of aryl methyl sites for hydroxylation is 2. The minimum atomic E-state index is -4.73. The number of aromatic nitrogens is 2. The lowest BCUT2D eigenvalue weighted by Gasteiger charge is -2.13. The fraction of sp³-hybridized carbons (Fsp3) is 0.107. The van der Waals surface area contributed by atoms with E-state index < -0.39 is 6.36 Å². The highest BCUT2D eigenvalue weighted by molar-refractivity contribution is 9.10. The zero-order valence-electron chi connectivity index (χ0n) is 20.7. The fourth-order valence-corrected chi connectivity index (χ4v) is 5.18. The van der Waals surface area contributed by atoms with Crippen LogP contribution in [0.2, 0.25) is 0 Å². The summed E-state index contributed by atoms with van der Waals surface area (Å²) in [6.45, 7) is 4.01. The number of ether oxygens (including phenoxy) is 1. The third kappa shape index (κ3) is 6.04. The molecule has 5 aromatic rings. The Kier molecular flexibility index (Phi) is 7.28. The molecule has 0 radical (unpaired) electrons. The quantitative estimate of drug-likeness (QED) is 0.121. The molecule has 0 spiro atoms. The van der Waals surface area contributed by atoms with E-state index in [0.29, 0.717) is 10.8 Å². The van der Waals surface area contributed by atoms with Gasteiger partial charge in [0.15, 0.2) is 5.11 Å². The van der Waals surface area contributed by atoms with Crippen LogP contribution in [-0.4, -0.2) is 27.2 Å². The van der Waals surface area contributed by atoms with E-state index in [0.717, 1.165) is 48.7 Å². The largest absolute Gasteiger partial charge is 0.573 e. The fourth-order valence-electron chi connectivity index (χ4n) is 4.34. The molecule has 198 valence electrons. The van der Waals surface area contributed by atoms with E-state index in [9.17, 15) is 13.2 Å². The molecule has 0 fully saturated rings. The maximum Gasteiger partial charge on any atom is 0.573 e.